The molecule has 0 saturated heterocycles. The number of aromatic nitrogens is 2. The van der Waals surface area contributed by atoms with Crippen molar-refractivity contribution >= 4 is 23.3 Å². The van der Waals surface area contributed by atoms with Crippen LogP contribution in [0.3, 0.4) is 0 Å². The molecule has 0 aliphatic heterocycles. The van der Waals surface area contributed by atoms with Crippen LogP contribution in [0.2, 0.25) is 0 Å². The molecule has 1 aromatic heterocycles. The van der Waals surface area contributed by atoms with E-state index in [0.717, 1.165) is 23.0 Å². The molecule has 0 aliphatic rings. The molecular formula is C11H22N4S. The van der Waals surface area contributed by atoms with E-state index in [1.807, 2.05) is 23.4 Å². The Morgan fingerprint density at radius 3 is 2.56 bits per heavy atom. The summed E-state index contributed by atoms with van der Waals surface area (Å²) in [7, 11) is 0. The first kappa shape index (κ1) is 13.2. The second kappa shape index (κ2) is 5.48. The van der Waals surface area contributed by atoms with Crippen molar-refractivity contribution in [1.82, 2.24) is 9.78 Å². The maximum atomic E-state index is 6.03. The molecule has 0 aliphatic carbocycles. The first-order chi connectivity index (χ1) is 7.47. The minimum Gasteiger partial charge on any atom is -0.394 e. The maximum Gasteiger partial charge on any atom is 0.148 e. The van der Waals surface area contributed by atoms with Gasteiger partial charge < -0.3 is 11.1 Å². The Kier molecular flexibility index (Phi) is 4.53. The smallest absolute Gasteiger partial charge is 0.148 e. The SMILES string of the molecule is CSCC(C)Nc1c(N)c(C)nn1C(C)C. The van der Waals surface area contributed by atoms with Crippen LogP contribution in [0, 0.1) is 6.92 Å². The van der Waals surface area contributed by atoms with Crippen LogP contribution in [0.5, 0.6) is 0 Å². The van der Waals surface area contributed by atoms with E-state index in [0.29, 0.717) is 12.1 Å². The quantitative estimate of drug-likeness (QED) is 0.833. The molecule has 0 bridgehead atoms. The molecule has 5 heteroatoms. The number of nitrogens with zero attached hydrogens (tertiary/aromatic N) is 2. The zero-order chi connectivity index (χ0) is 12.3. The molecular weight excluding hydrogens is 220 g/mol. The predicted molar refractivity (Wildman–Crippen MR) is 73.2 cm³/mol. The minimum absolute atomic E-state index is 0.319. The molecule has 1 heterocycles. The number of nitrogen functional groups attached to an aromatic ring is 1. The van der Waals surface area contributed by atoms with Gasteiger partial charge in [0.25, 0.3) is 0 Å². The number of thioether (sulfide) groups is 1. The van der Waals surface area contributed by atoms with Gasteiger partial charge in [0.1, 0.15) is 5.82 Å². The number of anilines is 2. The monoisotopic (exact) mass is 242 g/mol. The molecule has 0 spiro atoms. The van der Waals surface area contributed by atoms with Crippen LogP contribution in [0.25, 0.3) is 0 Å². The lowest BCUT2D eigenvalue weighted by Gasteiger charge is -2.17. The van der Waals surface area contributed by atoms with Crippen molar-refractivity contribution < 1.29 is 0 Å². The van der Waals surface area contributed by atoms with E-state index in [1.165, 1.54) is 0 Å². The summed E-state index contributed by atoms with van der Waals surface area (Å²) in [4.78, 5) is 0. The third-order valence-corrected chi connectivity index (χ3v) is 3.25. The number of hydrogen-bond donors (Lipinski definition) is 2. The Morgan fingerprint density at radius 2 is 2.06 bits per heavy atom. The highest BCUT2D eigenvalue weighted by molar-refractivity contribution is 7.98. The fourth-order valence-corrected chi connectivity index (χ4v) is 2.19. The number of rotatable bonds is 5. The molecule has 0 saturated carbocycles. The zero-order valence-electron chi connectivity index (χ0n) is 10.7. The van der Waals surface area contributed by atoms with E-state index in [9.17, 15) is 0 Å². The van der Waals surface area contributed by atoms with Gasteiger partial charge in [0.2, 0.25) is 0 Å². The fourth-order valence-electron chi connectivity index (χ4n) is 1.60. The summed E-state index contributed by atoms with van der Waals surface area (Å²) in [6.07, 6.45) is 2.10. The summed E-state index contributed by atoms with van der Waals surface area (Å²) in [6, 6.07) is 0.714. The van der Waals surface area contributed by atoms with Crippen LogP contribution >= 0.6 is 11.8 Å². The van der Waals surface area contributed by atoms with E-state index in [4.69, 9.17) is 5.73 Å². The molecule has 1 atom stereocenters. The summed E-state index contributed by atoms with van der Waals surface area (Å²) in [5.41, 5.74) is 7.69. The number of nitrogens with one attached hydrogen (secondary N) is 1. The molecule has 0 aromatic carbocycles. The molecule has 4 nitrogen and oxygen atoms in total. The van der Waals surface area contributed by atoms with Gasteiger partial charge in [-0.05, 0) is 34.0 Å². The van der Waals surface area contributed by atoms with Gasteiger partial charge in [0.05, 0.1) is 11.4 Å². The van der Waals surface area contributed by atoms with Crippen LogP contribution in [-0.2, 0) is 0 Å². The van der Waals surface area contributed by atoms with Gasteiger partial charge >= 0.3 is 0 Å². The second-order valence-corrected chi connectivity index (χ2v) is 5.30. The van der Waals surface area contributed by atoms with Gasteiger partial charge in [-0.1, -0.05) is 0 Å². The largest absolute Gasteiger partial charge is 0.394 e. The van der Waals surface area contributed by atoms with Crippen molar-refractivity contribution in [2.45, 2.75) is 39.8 Å². The van der Waals surface area contributed by atoms with Gasteiger partial charge in [-0.25, -0.2) is 4.68 Å². The van der Waals surface area contributed by atoms with Crippen LogP contribution in [0.1, 0.15) is 32.5 Å². The van der Waals surface area contributed by atoms with Crippen molar-refractivity contribution in [3.63, 3.8) is 0 Å². The molecule has 1 rings (SSSR count). The van der Waals surface area contributed by atoms with Gasteiger partial charge in [0.15, 0.2) is 0 Å². The van der Waals surface area contributed by atoms with Crippen LogP contribution in [-0.4, -0.2) is 27.8 Å². The van der Waals surface area contributed by atoms with Crippen molar-refractivity contribution in [2.75, 3.05) is 23.1 Å². The Morgan fingerprint density at radius 1 is 1.44 bits per heavy atom. The Balaban J connectivity index is 2.92. The van der Waals surface area contributed by atoms with E-state index >= 15 is 0 Å². The van der Waals surface area contributed by atoms with Crippen LogP contribution in [0.4, 0.5) is 11.5 Å². The summed E-state index contributed by atoms with van der Waals surface area (Å²) >= 11 is 1.82. The lowest BCUT2D eigenvalue weighted by Crippen LogP contribution is -2.21. The number of nitrogens with two attached hydrogens (primary N) is 1. The molecule has 1 aromatic rings. The van der Waals surface area contributed by atoms with Crippen molar-refractivity contribution in [3.05, 3.63) is 5.69 Å². The first-order valence-electron chi connectivity index (χ1n) is 5.57. The normalized spacial score (nSPS) is 13.1. The average molecular weight is 242 g/mol. The summed E-state index contributed by atoms with van der Waals surface area (Å²) in [5, 5.41) is 7.88. The molecule has 16 heavy (non-hydrogen) atoms. The van der Waals surface area contributed by atoms with E-state index < -0.39 is 0 Å². The van der Waals surface area contributed by atoms with Crippen molar-refractivity contribution in [1.29, 1.82) is 0 Å². The molecule has 1 unspecified atom stereocenters. The van der Waals surface area contributed by atoms with Gasteiger partial charge in [-0.3, -0.25) is 0 Å². The van der Waals surface area contributed by atoms with E-state index in [1.54, 1.807) is 0 Å². The molecule has 0 fully saturated rings. The number of hydrogen-bond acceptors (Lipinski definition) is 4. The standard InChI is InChI=1S/C11H22N4S/c1-7(2)15-11(10(12)9(4)14-15)13-8(3)6-16-5/h7-8,13H,6,12H2,1-5H3. The maximum absolute atomic E-state index is 6.03. The van der Waals surface area contributed by atoms with Gasteiger partial charge in [-0.15, -0.1) is 0 Å². The highest BCUT2D eigenvalue weighted by Gasteiger charge is 2.15. The lowest BCUT2D eigenvalue weighted by molar-refractivity contribution is 0.532. The van der Waals surface area contributed by atoms with Gasteiger partial charge in [-0.2, -0.15) is 16.9 Å². The molecule has 92 valence electrons. The van der Waals surface area contributed by atoms with Gasteiger partial charge in [0, 0.05) is 17.8 Å². The highest BCUT2D eigenvalue weighted by Crippen LogP contribution is 2.26. The summed E-state index contributed by atoms with van der Waals surface area (Å²) < 4.78 is 1.96. The first-order valence-corrected chi connectivity index (χ1v) is 6.96. The topological polar surface area (TPSA) is 55.9 Å². The molecule has 0 radical (unpaired) electrons. The summed E-state index contributed by atoms with van der Waals surface area (Å²) in [6.45, 7) is 8.31. The van der Waals surface area contributed by atoms with Crippen LogP contribution in [0.15, 0.2) is 0 Å². The minimum atomic E-state index is 0.319. The van der Waals surface area contributed by atoms with Crippen molar-refractivity contribution in [3.8, 4) is 0 Å². The highest BCUT2D eigenvalue weighted by atomic mass is 32.2. The molecule has 3 N–H and O–H groups in total. The zero-order valence-corrected chi connectivity index (χ0v) is 11.6. The lowest BCUT2D eigenvalue weighted by atomic mass is 10.3. The van der Waals surface area contributed by atoms with E-state index in [-0.39, 0.29) is 0 Å². The van der Waals surface area contributed by atoms with E-state index in [2.05, 4.69) is 37.4 Å². The second-order valence-electron chi connectivity index (χ2n) is 4.39. The Labute approximate surface area is 102 Å². The Hall–Kier alpha value is -0.840. The third kappa shape index (κ3) is 2.84. The van der Waals surface area contributed by atoms with Crippen molar-refractivity contribution in [2.24, 2.45) is 0 Å². The molecule has 0 amide bonds. The average Bonchev–Trinajstić information content (AvgIpc) is 2.46. The summed E-state index contributed by atoms with van der Waals surface area (Å²) in [5.74, 6) is 2.01. The number of aryl methyl sites for hydroxylation is 1. The predicted octanol–water partition coefficient (Wildman–Crippen LogP) is 2.52. The fraction of sp³-hybridized carbons (Fsp3) is 0.727. The Bertz CT molecular complexity index is 346. The van der Waals surface area contributed by atoms with Crippen LogP contribution < -0.4 is 11.1 Å². The third-order valence-electron chi connectivity index (χ3n) is 2.42.